The summed E-state index contributed by atoms with van der Waals surface area (Å²) in [6.07, 6.45) is 1.50. The maximum Gasteiger partial charge on any atom is 0.269 e. The number of hydrogen-bond donors (Lipinski definition) is 3. The Bertz CT molecular complexity index is 1110. The number of carbonyl (C=O) groups is 2. The molecule has 0 spiro atoms. The molecule has 8 nitrogen and oxygen atoms in total. The molecule has 164 valence electrons. The number of amides is 2. The van der Waals surface area contributed by atoms with Crippen LogP contribution in [0, 0.1) is 5.92 Å². The Hall–Kier alpha value is -3.20. The predicted octanol–water partition coefficient (Wildman–Crippen LogP) is 2.16. The lowest BCUT2D eigenvalue weighted by Crippen LogP contribution is -2.48. The third kappa shape index (κ3) is 4.93. The maximum absolute atomic E-state index is 12.8. The number of hydrogen-bond acceptors (Lipinski definition) is 5. The van der Waals surface area contributed by atoms with E-state index >= 15 is 0 Å². The van der Waals surface area contributed by atoms with Gasteiger partial charge in [-0.2, -0.15) is 0 Å². The molecule has 2 aromatic carbocycles. The third-order valence-corrected chi connectivity index (χ3v) is 6.70. The molecule has 1 aliphatic heterocycles. The van der Waals surface area contributed by atoms with Gasteiger partial charge in [0.2, 0.25) is 0 Å². The number of fused-ring (bicyclic) bond motifs is 1. The van der Waals surface area contributed by atoms with Gasteiger partial charge in [-0.3, -0.25) is 30.2 Å². The normalized spacial score (nSPS) is 17.3. The molecular formula is C22H26N4O4S. The van der Waals surface area contributed by atoms with Crippen molar-refractivity contribution < 1.29 is 18.0 Å². The Morgan fingerprint density at radius 1 is 1.03 bits per heavy atom. The van der Waals surface area contributed by atoms with Crippen LogP contribution in [0.25, 0.3) is 0 Å². The number of aryl methyl sites for hydroxylation is 1. The minimum Gasteiger partial charge on any atom is -0.271 e. The second-order valence-corrected chi connectivity index (χ2v) is 9.05. The number of nitrogens with zero attached hydrogens (tertiary/aromatic N) is 1. The summed E-state index contributed by atoms with van der Waals surface area (Å²) in [4.78, 5) is 29.7. The van der Waals surface area contributed by atoms with E-state index in [1.165, 1.54) is 6.07 Å². The van der Waals surface area contributed by atoms with Crippen molar-refractivity contribution in [2.75, 3.05) is 0 Å². The summed E-state index contributed by atoms with van der Waals surface area (Å²) >= 11 is 0. The number of carbonyl (C=O) groups excluding carboxylic acids is 2. The molecule has 0 saturated carbocycles. The fourth-order valence-corrected chi connectivity index (χ4v) is 4.43. The molecule has 2 amide bonds. The number of sulfonamides is 1. The largest absolute Gasteiger partial charge is 0.271 e. The van der Waals surface area contributed by atoms with Gasteiger partial charge in [0.1, 0.15) is 11.9 Å². The van der Waals surface area contributed by atoms with Gasteiger partial charge in [-0.15, -0.1) is 0 Å². The fourth-order valence-electron chi connectivity index (χ4n) is 3.19. The quantitative estimate of drug-likeness (QED) is 0.594. The van der Waals surface area contributed by atoms with Crippen LogP contribution in [0.2, 0.25) is 0 Å². The van der Waals surface area contributed by atoms with Crippen LogP contribution in [-0.4, -0.2) is 32.1 Å². The molecule has 31 heavy (non-hydrogen) atoms. The van der Waals surface area contributed by atoms with Crippen LogP contribution < -0.4 is 15.6 Å². The lowest BCUT2D eigenvalue weighted by Gasteiger charge is -2.19. The van der Waals surface area contributed by atoms with E-state index in [2.05, 4.69) is 20.6 Å². The molecule has 3 rings (SSSR count). The number of hydrazine groups is 1. The minimum absolute atomic E-state index is 0.123. The summed E-state index contributed by atoms with van der Waals surface area (Å²) in [6, 6.07) is 12.7. The number of amidine groups is 1. The standard InChI is InChI=1S/C22H26N4O4S/c1-4-14(3)19(23-20-17-8-6-7-9-18(17)31(29,30)26-20)22(28)25-24-21(27)16-12-10-15(5-2)11-13-16/h6-14,19H,4-5H2,1-3H3,(H,23,26)(H,24,27)(H,25,28)/t14-,19-/m0/s1. The maximum atomic E-state index is 12.8. The van der Waals surface area contributed by atoms with Gasteiger partial charge >= 0.3 is 0 Å². The van der Waals surface area contributed by atoms with Crippen molar-refractivity contribution in [2.45, 2.75) is 44.6 Å². The molecule has 9 heteroatoms. The van der Waals surface area contributed by atoms with E-state index in [1.54, 1.807) is 30.3 Å². The first-order valence-corrected chi connectivity index (χ1v) is 11.6. The van der Waals surface area contributed by atoms with Gasteiger partial charge in [0.15, 0.2) is 0 Å². The van der Waals surface area contributed by atoms with E-state index in [1.807, 2.05) is 32.9 Å². The van der Waals surface area contributed by atoms with E-state index < -0.39 is 27.9 Å². The number of benzene rings is 2. The predicted molar refractivity (Wildman–Crippen MR) is 118 cm³/mol. The summed E-state index contributed by atoms with van der Waals surface area (Å²) < 4.78 is 27.1. The molecule has 3 N–H and O–H groups in total. The third-order valence-electron chi connectivity index (χ3n) is 5.31. The second-order valence-electron chi connectivity index (χ2n) is 7.40. The van der Waals surface area contributed by atoms with Crippen LogP contribution in [0.4, 0.5) is 0 Å². The zero-order chi connectivity index (χ0) is 22.6. The van der Waals surface area contributed by atoms with Gasteiger partial charge in [0.05, 0.1) is 4.90 Å². The molecule has 2 aromatic rings. The highest BCUT2D eigenvalue weighted by atomic mass is 32.2. The van der Waals surface area contributed by atoms with Gasteiger partial charge < -0.3 is 0 Å². The monoisotopic (exact) mass is 442 g/mol. The second kappa shape index (κ2) is 9.30. The Labute approximate surface area is 182 Å². The molecular weight excluding hydrogens is 416 g/mol. The molecule has 0 aromatic heterocycles. The van der Waals surface area contributed by atoms with Crippen LogP contribution in [0.1, 0.15) is 48.7 Å². The first-order valence-electron chi connectivity index (χ1n) is 10.2. The number of nitrogens with one attached hydrogen (secondary N) is 3. The van der Waals surface area contributed by atoms with E-state index in [0.717, 1.165) is 12.0 Å². The van der Waals surface area contributed by atoms with Gasteiger partial charge in [-0.25, -0.2) is 8.42 Å². The van der Waals surface area contributed by atoms with Gasteiger partial charge in [0, 0.05) is 11.1 Å². The topological polar surface area (TPSA) is 117 Å². The highest BCUT2D eigenvalue weighted by molar-refractivity contribution is 7.90. The number of rotatable bonds is 6. The minimum atomic E-state index is -3.71. The van der Waals surface area contributed by atoms with Crippen LogP contribution in [0.15, 0.2) is 58.4 Å². The summed E-state index contributed by atoms with van der Waals surface area (Å²) in [5, 5.41) is 0. The molecule has 0 bridgehead atoms. The van der Waals surface area contributed by atoms with Gasteiger partial charge in [0.25, 0.3) is 21.8 Å². The van der Waals surface area contributed by atoms with Crippen LogP contribution in [-0.2, 0) is 21.2 Å². The van der Waals surface area contributed by atoms with Crippen molar-refractivity contribution in [2.24, 2.45) is 10.9 Å². The zero-order valence-corrected chi connectivity index (χ0v) is 18.5. The van der Waals surface area contributed by atoms with Crippen LogP contribution in [0.3, 0.4) is 0 Å². The van der Waals surface area contributed by atoms with Gasteiger partial charge in [-0.1, -0.05) is 51.5 Å². The smallest absolute Gasteiger partial charge is 0.269 e. The van der Waals surface area contributed by atoms with Crippen molar-refractivity contribution >= 4 is 27.7 Å². The zero-order valence-electron chi connectivity index (χ0n) is 17.7. The average molecular weight is 443 g/mol. The van der Waals surface area contributed by atoms with E-state index in [-0.39, 0.29) is 16.6 Å². The molecule has 0 fully saturated rings. The summed E-state index contributed by atoms with van der Waals surface area (Å²) in [5.74, 6) is -1.04. The summed E-state index contributed by atoms with van der Waals surface area (Å²) in [6.45, 7) is 5.77. The molecule has 1 aliphatic rings. The van der Waals surface area contributed by atoms with Crippen molar-refractivity contribution in [3.05, 3.63) is 65.2 Å². The molecule has 2 atom stereocenters. The Morgan fingerprint density at radius 3 is 2.35 bits per heavy atom. The van der Waals surface area contributed by atoms with E-state index in [9.17, 15) is 18.0 Å². The lowest BCUT2D eigenvalue weighted by molar-refractivity contribution is -0.124. The Morgan fingerprint density at radius 2 is 1.71 bits per heavy atom. The molecule has 0 saturated heterocycles. The molecule has 0 aliphatic carbocycles. The summed E-state index contributed by atoms with van der Waals surface area (Å²) in [7, 11) is -3.71. The SMILES string of the molecule is CCc1ccc(C(=O)NNC(=O)[C@@H](N=C2NS(=O)(=O)c3ccccc32)[C@@H](C)CC)cc1. The van der Waals surface area contributed by atoms with Gasteiger partial charge in [-0.05, 0) is 42.2 Å². The Kier molecular flexibility index (Phi) is 6.74. The average Bonchev–Trinajstić information content (AvgIpc) is 3.05. The first-order chi connectivity index (χ1) is 14.8. The number of aliphatic imine (C=N–C) groups is 1. The van der Waals surface area contributed by atoms with Crippen LogP contribution in [0.5, 0.6) is 0 Å². The summed E-state index contributed by atoms with van der Waals surface area (Å²) in [5.41, 5.74) is 6.77. The molecule has 1 heterocycles. The lowest BCUT2D eigenvalue weighted by atomic mass is 9.99. The Balaban J connectivity index is 1.77. The van der Waals surface area contributed by atoms with Crippen molar-refractivity contribution in [1.29, 1.82) is 0 Å². The first kappa shape index (κ1) is 22.5. The highest BCUT2D eigenvalue weighted by Gasteiger charge is 2.33. The van der Waals surface area contributed by atoms with Crippen LogP contribution >= 0.6 is 0 Å². The van der Waals surface area contributed by atoms with Crippen molar-refractivity contribution in [1.82, 2.24) is 15.6 Å². The molecule has 0 unspecified atom stereocenters. The van der Waals surface area contributed by atoms with Crippen molar-refractivity contribution in [3.8, 4) is 0 Å². The fraction of sp³-hybridized carbons (Fsp3) is 0.318. The van der Waals surface area contributed by atoms with E-state index in [0.29, 0.717) is 17.5 Å². The molecule has 0 radical (unpaired) electrons. The highest BCUT2D eigenvalue weighted by Crippen LogP contribution is 2.24. The van der Waals surface area contributed by atoms with Crippen molar-refractivity contribution in [3.63, 3.8) is 0 Å². The van der Waals surface area contributed by atoms with E-state index in [4.69, 9.17) is 0 Å².